The summed E-state index contributed by atoms with van der Waals surface area (Å²) >= 11 is 6.03. The first-order valence-electron chi connectivity index (χ1n) is 10.9. The average Bonchev–Trinajstić information content (AvgIpc) is 2.84. The quantitative estimate of drug-likeness (QED) is 0.534. The van der Waals surface area contributed by atoms with Crippen LogP contribution in [0, 0.1) is 5.92 Å². The van der Waals surface area contributed by atoms with Crippen LogP contribution in [0.5, 0.6) is 5.75 Å². The molecule has 0 radical (unpaired) electrons. The molecule has 2 aliphatic heterocycles. The number of aliphatic imine (C=N–C) groups is 1. The Morgan fingerprint density at radius 3 is 2.48 bits per heavy atom. The van der Waals surface area contributed by atoms with Gasteiger partial charge >= 0.3 is 5.97 Å². The minimum absolute atomic E-state index is 0.193. The number of hydrogen-bond acceptors (Lipinski definition) is 7. The van der Waals surface area contributed by atoms with Gasteiger partial charge in [-0.25, -0.2) is 4.99 Å². The fraction of sp³-hybridized carbons (Fsp3) is 0.375. The standard InChI is InChI=1S/C24H27ClN4O4/c1-3-33-23(31)20-21(16-7-9-17(25)10-8-16)26-24(27-22(20)30)29-13-11-28(12-14-29)18-5-4-6-19(15-18)32-2/h4-10,15,20-21H,3,11-14H2,1-2H3,(H,26,27,30)/t20-,21-/m1/s1. The van der Waals surface area contributed by atoms with E-state index in [2.05, 4.69) is 16.3 Å². The number of hydrogen-bond donors (Lipinski definition) is 1. The summed E-state index contributed by atoms with van der Waals surface area (Å²) in [6.07, 6.45) is 0. The van der Waals surface area contributed by atoms with Crippen LogP contribution >= 0.6 is 11.6 Å². The Morgan fingerprint density at radius 1 is 1.12 bits per heavy atom. The lowest BCUT2D eigenvalue weighted by atomic mass is 9.91. The van der Waals surface area contributed by atoms with E-state index in [1.165, 1.54) is 0 Å². The van der Waals surface area contributed by atoms with Crippen molar-refractivity contribution in [1.82, 2.24) is 10.2 Å². The Morgan fingerprint density at radius 2 is 1.82 bits per heavy atom. The van der Waals surface area contributed by atoms with Crippen molar-refractivity contribution in [3.05, 3.63) is 59.1 Å². The Labute approximate surface area is 198 Å². The molecule has 0 bridgehead atoms. The molecule has 0 unspecified atom stereocenters. The summed E-state index contributed by atoms with van der Waals surface area (Å²) < 4.78 is 10.5. The number of ether oxygens (including phenoxy) is 2. The van der Waals surface area contributed by atoms with Gasteiger partial charge in [0.2, 0.25) is 11.9 Å². The minimum atomic E-state index is -1.05. The number of guanidine groups is 1. The molecule has 0 spiro atoms. The lowest BCUT2D eigenvalue weighted by Crippen LogP contribution is -2.57. The Kier molecular flexibility index (Phi) is 7.03. The lowest BCUT2D eigenvalue weighted by Gasteiger charge is -2.39. The maximum Gasteiger partial charge on any atom is 0.321 e. The highest BCUT2D eigenvalue weighted by atomic mass is 35.5. The molecule has 33 heavy (non-hydrogen) atoms. The number of esters is 1. The van der Waals surface area contributed by atoms with Crippen molar-refractivity contribution >= 4 is 35.1 Å². The molecule has 4 rings (SSSR count). The molecular formula is C24H27ClN4O4. The van der Waals surface area contributed by atoms with Crippen LogP contribution in [0.1, 0.15) is 18.5 Å². The first-order valence-corrected chi connectivity index (χ1v) is 11.3. The third-order valence-electron chi connectivity index (χ3n) is 5.84. The molecule has 174 valence electrons. The number of rotatable bonds is 5. The third kappa shape index (κ3) is 5.06. The molecule has 1 saturated heterocycles. The van der Waals surface area contributed by atoms with E-state index >= 15 is 0 Å². The van der Waals surface area contributed by atoms with Crippen molar-refractivity contribution in [1.29, 1.82) is 0 Å². The Hall–Kier alpha value is -3.26. The van der Waals surface area contributed by atoms with Crippen LogP contribution in [-0.2, 0) is 14.3 Å². The first-order chi connectivity index (χ1) is 16.0. The number of carbonyl (C=O) groups excluding carboxylic acids is 2. The summed E-state index contributed by atoms with van der Waals surface area (Å²) in [7, 11) is 1.65. The molecule has 0 saturated carbocycles. The number of nitrogens with one attached hydrogen (secondary N) is 1. The van der Waals surface area contributed by atoms with Crippen LogP contribution < -0.4 is 15.0 Å². The van der Waals surface area contributed by atoms with Crippen molar-refractivity contribution in [3.8, 4) is 5.75 Å². The molecule has 2 aliphatic rings. The predicted molar refractivity (Wildman–Crippen MR) is 127 cm³/mol. The molecule has 2 aromatic carbocycles. The van der Waals surface area contributed by atoms with Crippen molar-refractivity contribution < 1.29 is 19.1 Å². The molecule has 0 aliphatic carbocycles. The molecule has 2 heterocycles. The number of methoxy groups -OCH3 is 1. The summed E-state index contributed by atoms with van der Waals surface area (Å²) in [4.78, 5) is 34.7. The SMILES string of the molecule is CCOC(=O)[C@H]1C(=O)NC(N2CCN(c3cccc(OC)c3)CC2)=N[C@@H]1c1ccc(Cl)cc1. The van der Waals surface area contributed by atoms with Gasteiger partial charge in [-0.1, -0.05) is 29.8 Å². The van der Waals surface area contributed by atoms with E-state index in [1.807, 2.05) is 23.1 Å². The molecule has 1 fully saturated rings. The van der Waals surface area contributed by atoms with Gasteiger partial charge in [-0.05, 0) is 36.8 Å². The van der Waals surface area contributed by atoms with Gasteiger partial charge in [0.25, 0.3) is 0 Å². The van der Waals surface area contributed by atoms with Crippen LogP contribution in [0.25, 0.3) is 0 Å². The van der Waals surface area contributed by atoms with E-state index in [0.717, 1.165) is 30.1 Å². The number of nitrogens with zero attached hydrogens (tertiary/aromatic N) is 3. The highest BCUT2D eigenvalue weighted by Crippen LogP contribution is 2.32. The molecule has 2 atom stereocenters. The molecule has 9 heteroatoms. The normalized spacial score (nSPS) is 20.7. The smallest absolute Gasteiger partial charge is 0.321 e. The third-order valence-corrected chi connectivity index (χ3v) is 6.10. The average molecular weight is 471 g/mol. The van der Waals surface area contributed by atoms with Crippen molar-refractivity contribution in [2.75, 3.05) is 44.8 Å². The van der Waals surface area contributed by atoms with E-state index in [4.69, 9.17) is 26.1 Å². The van der Waals surface area contributed by atoms with Gasteiger partial charge in [-0.15, -0.1) is 0 Å². The van der Waals surface area contributed by atoms with Gasteiger partial charge in [0.1, 0.15) is 11.8 Å². The zero-order chi connectivity index (χ0) is 23.4. The van der Waals surface area contributed by atoms with E-state index < -0.39 is 23.8 Å². The van der Waals surface area contributed by atoms with E-state index in [1.54, 1.807) is 38.3 Å². The predicted octanol–water partition coefficient (Wildman–Crippen LogP) is 2.88. The molecule has 0 aromatic heterocycles. The largest absolute Gasteiger partial charge is 0.497 e. The number of halogens is 1. The lowest BCUT2D eigenvalue weighted by molar-refractivity contribution is -0.153. The maximum atomic E-state index is 13.0. The zero-order valence-electron chi connectivity index (χ0n) is 18.7. The Bertz CT molecular complexity index is 1040. The van der Waals surface area contributed by atoms with E-state index in [9.17, 15) is 9.59 Å². The van der Waals surface area contributed by atoms with Gasteiger partial charge in [0.15, 0.2) is 5.92 Å². The summed E-state index contributed by atoms with van der Waals surface area (Å²) in [5.41, 5.74) is 1.82. The molecule has 1 amide bonds. The molecule has 8 nitrogen and oxygen atoms in total. The number of amides is 1. The van der Waals surface area contributed by atoms with Crippen LogP contribution in [0.15, 0.2) is 53.5 Å². The molecule has 2 aromatic rings. The van der Waals surface area contributed by atoms with Gasteiger partial charge < -0.3 is 19.3 Å². The second kappa shape index (κ2) is 10.1. The number of anilines is 1. The summed E-state index contributed by atoms with van der Waals surface area (Å²) in [6.45, 7) is 4.77. The zero-order valence-corrected chi connectivity index (χ0v) is 19.4. The van der Waals surface area contributed by atoms with E-state index in [0.29, 0.717) is 24.1 Å². The fourth-order valence-electron chi connectivity index (χ4n) is 4.11. The number of carbonyl (C=O) groups is 2. The molecule has 1 N–H and O–H groups in total. The second-order valence-corrected chi connectivity index (χ2v) is 8.28. The summed E-state index contributed by atoms with van der Waals surface area (Å²) in [5, 5.41) is 3.40. The highest BCUT2D eigenvalue weighted by molar-refractivity contribution is 6.30. The highest BCUT2D eigenvalue weighted by Gasteiger charge is 2.42. The summed E-state index contributed by atoms with van der Waals surface area (Å²) in [5.74, 6) is -0.748. The van der Waals surface area contributed by atoms with Gasteiger partial charge in [-0.2, -0.15) is 0 Å². The fourth-order valence-corrected chi connectivity index (χ4v) is 4.24. The summed E-state index contributed by atoms with van der Waals surface area (Å²) in [6, 6.07) is 14.3. The van der Waals surface area contributed by atoms with Gasteiger partial charge in [-0.3, -0.25) is 14.9 Å². The molecular weight excluding hydrogens is 444 g/mol. The van der Waals surface area contributed by atoms with Gasteiger partial charge in [0.05, 0.1) is 13.7 Å². The van der Waals surface area contributed by atoms with Crippen molar-refractivity contribution in [2.24, 2.45) is 10.9 Å². The Balaban J connectivity index is 1.54. The van der Waals surface area contributed by atoms with Crippen molar-refractivity contribution in [2.45, 2.75) is 13.0 Å². The maximum absolute atomic E-state index is 13.0. The number of piperazine rings is 1. The minimum Gasteiger partial charge on any atom is -0.497 e. The van der Waals surface area contributed by atoms with E-state index in [-0.39, 0.29) is 6.61 Å². The monoisotopic (exact) mass is 470 g/mol. The number of benzene rings is 2. The van der Waals surface area contributed by atoms with Crippen LogP contribution in [0.3, 0.4) is 0 Å². The van der Waals surface area contributed by atoms with Crippen molar-refractivity contribution in [3.63, 3.8) is 0 Å². The van der Waals surface area contributed by atoms with Crippen LogP contribution in [-0.4, -0.2) is 62.6 Å². The van der Waals surface area contributed by atoms with Crippen LogP contribution in [0.2, 0.25) is 5.02 Å². The second-order valence-electron chi connectivity index (χ2n) is 7.84. The first kappa shape index (κ1) is 22.9. The topological polar surface area (TPSA) is 83.5 Å². The van der Waals surface area contributed by atoms with Gasteiger partial charge in [0, 0.05) is 43.0 Å². The van der Waals surface area contributed by atoms with Crippen LogP contribution in [0.4, 0.5) is 5.69 Å².